The fourth-order valence-corrected chi connectivity index (χ4v) is 2.90. The maximum absolute atomic E-state index is 11.6. The van der Waals surface area contributed by atoms with Crippen LogP contribution in [0.2, 0.25) is 0 Å². The molecule has 0 aliphatic carbocycles. The topological polar surface area (TPSA) is 49.0 Å². The van der Waals surface area contributed by atoms with Crippen LogP contribution in [0, 0.1) is 0 Å². The van der Waals surface area contributed by atoms with Crippen LogP contribution >= 0.6 is 15.9 Å². The minimum atomic E-state index is -0.103. The normalized spacial score (nSPS) is 21.3. The van der Waals surface area contributed by atoms with E-state index in [0.29, 0.717) is 10.5 Å². The van der Waals surface area contributed by atoms with E-state index in [2.05, 4.69) is 37.7 Å². The molecule has 0 spiro atoms. The van der Waals surface area contributed by atoms with Gasteiger partial charge in [0.1, 0.15) is 4.47 Å². The molecule has 2 rings (SSSR count). The molecule has 94 valence electrons. The number of aromatic nitrogens is 2. The van der Waals surface area contributed by atoms with Gasteiger partial charge in [-0.05, 0) is 35.2 Å². The minimum Gasteiger partial charge on any atom is -0.352 e. The Hall–Kier alpha value is -0.840. The van der Waals surface area contributed by atoms with Crippen molar-refractivity contribution in [1.29, 1.82) is 0 Å². The van der Waals surface area contributed by atoms with E-state index in [-0.39, 0.29) is 5.56 Å². The van der Waals surface area contributed by atoms with Crippen LogP contribution < -0.4 is 10.5 Å². The van der Waals surface area contributed by atoms with E-state index in [9.17, 15) is 4.79 Å². The molecule has 1 aliphatic heterocycles. The van der Waals surface area contributed by atoms with Crippen molar-refractivity contribution >= 4 is 21.7 Å². The average molecular weight is 300 g/mol. The van der Waals surface area contributed by atoms with Crippen LogP contribution in [0.4, 0.5) is 5.82 Å². The van der Waals surface area contributed by atoms with Gasteiger partial charge in [-0.3, -0.25) is 4.79 Å². The van der Waals surface area contributed by atoms with E-state index >= 15 is 0 Å². The lowest BCUT2D eigenvalue weighted by molar-refractivity contribution is 0.551. The van der Waals surface area contributed by atoms with Crippen molar-refractivity contribution in [3.8, 4) is 0 Å². The van der Waals surface area contributed by atoms with E-state index < -0.39 is 0 Å². The highest BCUT2D eigenvalue weighted by Crippen LogP contribution is 2.27. The summed E-state index contributed by atoms with van der Waals surface area (Å²) in [6.45, 7) is 3.19. The third-order valence-electron chi connectivity index (χ3n) is 3.40. The SMILES string of the molecule is CCC1CCCCCN1c1nc[nH]c(=O)c1Br. The first-order valence-corrected chi connectivity index (χ1v) is 7.03. The van der Waals surface area contributed by atoms with Gasteiger partial charge in [0.25, 0.3) is 5.56 Å². The van der Waals surface area contributed by atoms with Gasteiger partial charge in [0, 0.05) is 12.6 Å². The minimum absolute atomic E-state index is 0.103. The Morgan fingerprint density at radius 2 is 2.35 bits per heavy atom. The van der Waals surface area contributed by atoms with Gasteiger partial charge in [0.05, 0.1) is 6.33 Å². The van der Waals surface area contributed by atoms with Gasteiger partial charge in [-0.25, -0.2) is 4.98 Å². The highest BCUT2D eigenvalue weighted by Gasteiger charge is 2.23. The number of hydrogen-bond donors (Lipinski definition) is 1. The molecule has 0 saturated carbocycles. The average Bonchev–Trinajstić information content (AvgIpc) is 2.57. The summed E-state index contributed by atoms with van der Waals surface area (Å²) in [6.07, 6.45) is 7.50. The zero-order valence-corrected chi connectivity index (χ0v) is 11.7. The Morgan fingerprint density at radius 1 is 1.53 bits per heavy atom. The van der Waals surface area contributed by atoms with Gasteiger partial charge < -0.3 is 9.88 Å². The Labute approximate surface area is 110 Å². The van der Waals surface area contributed by atoms with Crippen molar-refractivity contribution in [2.45, 2.75) is 45.1 Å². The predicted octanol–water partition coefficient (Wildman–Crippen LogP) is 2.69. The van der Waals surface area contributed by atoms with Crippen molar-refractivity contribution in [2.24, 2.45) is 0 Å². The molecule has 0 bridgehead atoms. The summed E-state index contributed by atoms with van der Waals surface area (Å²) in [5.74, 6) is 0.794. The molecule has 1 aromatic rings. The molecule has 0 aromatic carbocycles. The Balaban J connectivity index is 2.35. The summed E-state index contributed by atoms with van der Waals surface area (Å²) in [6, 6.07) is 0.503. The largest absolute Gasteiger partial charge is 0.352 e. The molecule has 0 radical (unpaired) electrons. The molecule has 2 heterocycles. The first-order chi connectivity index (χ1) is 8.24. The quantitative estimate of drug-likeness (QED) is 0.913. The van der Waals surface area contributed by atoms with Gasteiger partial charge in [-0.15, -0.1) is 0 Å². The second-order valence-electron chi connectivity index (χ2n) is 4.47. The predicted molar refractivity (Wildman–Crippen MR) is 72.5 cm³/mol. The Kier molecular flexibility index (Phi) is 4.20. The summed E-state index contributed by atoms with van der Waals surface area (Å²) in [4.78, 5) is 20.8. The standard InChI is InChI=1S/C12H18BrN3O/c1-2-9-6-4-3-5-7-16(9)11-10(13)12(17)15-8-14-11/h8-9H,2-7H2,1H3,(H,14,15,17). The summed E-state index contributed by atoms with van der Waals surface area (Å²) in [5, 5.41) is 0. The lowest BCUT2D eigenvalue weighted by atomic mass is 10.1. The molecule has 5 heteroatoms. The van der Waals surface area contributed by atoms with Crippen LogP contribution in [0.1, 0.15) is 39.0 Å². The number of anilines is 1. The molecule has 4 nitrogen and oxygen atoms in total. The number of hydrogen-bond acceptors (Lipinski definition) is 3. The molecule has 1 N–H and O–H groups in total. The molecule has 0 amide bonds. The van der Waals surface area contributed by atoms with E-state index in [0.717, 1.165) is 18.8 Å². The highest BCUT2D eigenvalue weighted by atomic mass is 79.9. The third kappa shape index (κ3) is 2.70. The zero-order valence-electron chi connectivity index (χ0n) is 10.1. The van der Waals surface area contributed by atoms with Crippen molar-refractivity contribution in [3.63, 3.8) is 0 Å². The molecule has 1 unspecified atom stereocenters. The molecule has 1 aliphatic rings. The Bertz CT molecular complexity index is 432. The van der Waals surface area contributed by atoms with Crippen LogP contribution in [0.25, 0.3) is 0 Å². The monoisotopic (exact) mass is 299 g/mol. The lowest BCUT2D eigenvalue weighted by Crippen LogP contribution is -2.36. The molecule has 1 fully saturated rings. The van der Waals surface area contributed by atoms with E-state index in [4.69, 9.17) is 0 Å². The van der Waals surface area contributed by atoms with Crippen LogP contribution in [0.5, 0.6) is 0 Å². The molecule has 1 aromatic heterocycles. The second-order valence-corrected chi connectivity index (χ2v) is 5.27. The van der Waals surface area contributed by atoms with Crippen molar-refractivity contribution in [1.82, 2.24) is 9.97 Å². The molecular formula is C12H18BrN3O. The van der Waals surface area contributed by atoms with Gasteiger partial charge >= 0.3 is 0 Å². The lowest BCUT2D eigenvalue weighted by Gasteiger charge is -2.30. The zero-order chi connectivity index (χ0) is 12.3. The van der Waals surface area contributed by atoms with Crippen molar-refractivity contribution < 1.29 is 0 Å². The van der Waals surface area contributed by atoms with Gasteiger partial charge in [0.15, 0.2) is 5.82 Å². The van der Waals surface area contributed by atoms with E-state index in [1.807, 2.05) is 0 Å². The smallest absolute Gasteiger partial charge is 0.267 e. The van der Waals surface area contributed by atoms with Crippen LogP contribution in [-0.2, 0) is 0 Å². The third-order valence-corrected chi connectivity index (χ3v) is 4.11. The van der Waals surface area contributed by atoms with Gasteiger partial charge in [0.2, 0.25) is 0 Å². The second kappa shape index (κ2) is 5.67. The van der Waals surface area contributed by atoms with Gasteiger partial charge in [-0.2, -0.15) is 0 Å². The van der Waals surface area contributed by atoms with Gasteiger partial charge in [-0.1, -0.05) is 19.8 Å². The summed E-state index contributed by atoms with van der Waals surface area (Å²) in [7, 11) is 0. The number of nitrogens with zero attached hydrogens (tertiary/aromatic N) is 2. The number of H-pyrrole nitrogens is 1. The molecule has 1 atom stereocenters. The first kappa shape index (κ1) is 12.6. The number of aromatic amines is 1. The van der Waals surface area contributed by atoms with E-state index in [1.54, 1.807) is 0 Å². The summed E-state index contributed by atoms with van der Waals surface area (Å²) >= 11 is 3.35. The van der Waals surface area contributed by atoms with Crippen molar-refractivity contribution in [2.75, 3.05) is 11.4 Å². The van der Waals surface area contributed by atoms with Crippen LogP contribution in [0.15, 0.2) is 15.6 Å². The maximum atomic E-state index is 11.6. The maximum Gasteiger partial charge on any atom is 0.267 e. The van der Waals surface area contributed by atoms with Crippen molar-refractivity contribution in [3.05, 3.63) is 21.2 Å². The fourth-order valence-electron chi connectivity index (χ4n) is 2.45. The number of nitrogens with one attached hydrogen (secondary N) is 1. The first-order valence-electron chi connectivity index (χ1n) is 6.24. The molecular weight excluding hydrogens is 282 g/mol. The highest BCUT2D eigenvalue weighted by molar-refractivity contribution is 9.10. The summed E-state index contributed by atoms with van der Waals surface area (Å²) in [5.41, 5.74) is -0.103. The molecule has 1 saturated heterocycles. The molecule has 17 heavy (non-hydrogen) atoms. The number of halogens is 1. The fraction of sp³-hybridized carbons (Fsp3) is 0.667. The van der Waals surface area contributed by atoms with E-state index in [1.165, 1.54) is 32.0 Å². The van der Waals surface area contributed by atoms with Crippen LogP contribution in [0.3, 0.4) is 0 Å². The Morgan fingerprint density at radius 3 is 3.12 bits per heavy atom. The van der Waals surface area contributed by atoms with Crippen LogP contribution in [-0.4, -0.2) is 22.6 Å². The number of rotatable bonds is 2. The summed E-state index contributed by atoms with van der Waals surface area (Å²) < 4.78 is 0.556.